The van der Waals surface area contributed by atoms with Gasteiger partial charge in [-0.3, -0.25) is 0 Å². The van der Waals surface area contributed by atoms with Gasteiger partial charge in [-0.05, 0) is 44.4 Å². The van der Waals surface area contributed by atoms with Crippen LogP contribution in [0.15, 0.2) is 24.3 Å². The van der Waals surface area contributed by atoms with Crippen molar-refractivity contribution in [2.24, 2.45) is 5.92 Å². The maximum atomic E-state index is 12.2. The number of anilines is 1. The Balaban J connectivity index is 1.81. The van der Waals surface area contributed by atoms with Gasteiger partial charge < -0.3 is 20.6 Å². The first-order valence-corrected chi connectivity index (χ1v) is 8.48. The molecule has 2 rings (SSSR count). The molecule has 1 aliphatic carbocycles. The van der Waals surface area contributed by atoms with Crippen LogP contribution in [0.3, 0.4) is 0 Å². The van der Waals surface area contributed by atoms with Crippen LogP contribution in [0, 0.1) is 5.92 Å². The van der Waals surface area contributed by atoms with Crippen LogP contribution in [0.4, 0.5) is 10.5 Å². The summed E-state index contributed by atoms with van der Waals surface area (Å²) in [5.74, 6) is 0.212. The van der Waals surface area contributed by atoms with Crippen molar-refractivity contribution in [2.75, 3.05) is 18.9 Å². The van der Waals surface area contributed by atoms with E-state index in [4.69, 9.17) is 0 Å². The lowest BCUT2D eigenvalue weighted by atomic mass is 10.1. The molecule has 0 aliphatic heterocycles. The molecule has 5 heteroatoms. The topological polar surface area (TPSA) is 64.6 Å². The van der Waals surface area contributed by atoms with E-state index in [1.807, 2.05) is 18.2 Å². The van der Waals surface area contributed by atoms with Crippen molar-refractivity contribution in [3.63, 3.8) is 0 Å². The predicted molar refractivity (Wildman–Crippen MR) is 93.4 cm³/mol. The number of benzene rings is 1. The molecule has 0 heterocycles. The van der Waals surface area contributed by atoms with Gasteiger partial charge in [0, 0.05) is 37.8 Å². The molecule has 0 saturated heterocycles. The number of aliphatic hydroxyl groups excluding tert-OH is 1. The summed E-state index contributed by atoms with van der Waals surface area (Å²) in [5, 5.41) is 16.2. The average Bonchev–Trinajstić information content (AvgIpc) is 2.89. The largest absolute Gasteiger partial charge is 0.393 e. The average molecular weight is 319 g/mol. The molecule has 1 saturated carbocycles. The van der Waals surface area contributed by atoms with E-state index >= 15 is 0 Å². The second-order valence-corrected chi connectivity index (χ2v) is 6.80. The minimum atomic E-state index is -0.260. The number of rotatable bonds is 6. The monoisotopic (exact) mass is 319 g/mol. The van der Waals surface area contributed by atoms with Crippen LogP contribution in [0.5, 0.6) is 0 Å². The van der Waals surface area contributed by atoms with Gasteiger partial charge in [-0.15, -0.1) is 0 Å². The van der Waals surface area contributed by atoms with Crippen LogP contribution in [-0.2, 0) is 6.54 Å². The molecule has 2 amide bonds. The molecule has 1 fully saturated rings. The van der Waals surface area contributed by atoms with Crippen LogP contribution in [-0.4, -0.2) is 41.8 Å². The Bertz CT molecular complexity index is 519. The van der Waals surface area contributed by atoms with Gasteiger partial charge in [-0.25, -0.2) is 4.79 Å². The van der Waals surface area contributed by atoms with E-state index in [0.29, 0.717) is 19.1 Å². The van der Waals surface area contributed by atoms with Crippen molar-refractivity contribution < 1.29 is 9.90 Å². The number of carbonyl (C=O) groups is 1. The first-order chi connectivity index (χ1) is 11.0. The summed E-state index contributed by atoms with van der Waals surface area (Å²) < 4.78 is 0. The number of carbonyl (C=O) groups excluding carboxylic acids is 1. The number of nitrogens with one attached hydrogen (secondary N) is 2. The van der Waals surface area contributed by atoms with Gasteiger partial charge in [0.15, 0.2) is 0 Å². The van der Waals surface area contributed by atoms with E-state index in [-0.39, 0.29) is 18.1 Å². The van der Waals surface area contributed by atoms with E-state index in [9.17, 15) is 9.90 Å². The summed E-state index contributed by atoms with van der Waals surface area (Å²) in [6.45, 7) is 5.31. The predicted octanol–water partition coefficient (Wildman–Crippen LogP) is 2.81. The second kappa shape index (κ2) is 8.20. The summed E-state index contributed by atoms with van der Waals surface area (Å²) in [6.07, 6.45) is 2.65. The van der Waals surface area contributed by atoms with Gasteiger partial charge >= 0.3 is 6.03 Å². The second-order valence-electron chi connectivity index (χ2n) is 6.80. The number of aliphatic hydroxyl groups is 1. The van der Waals surface area contributed by atoms with Crippen molar-refractivity contribution in [1.82, 2.24) is 10.2 Å². The molecular formula is C18H29N3O2. The maximum Gasteiger partial charge on any atom is 0.317 e. The van der Waals surface area contributed by atoms with Crippen LogP contribution in [0.1, 0.15) is 38.7 Å². The molecular weight excluding hydrogens is 290 g/mol. The summed E-state index contributed by atoms with van der Waals surface area (Å²) in [6, 6.07) is 8.37. The van der Waals surface area contributed by atoms with Gasteiger partial charge in [0.2, 0.25) is 0 Å². The standard InChI is InChI=1S/C18H29N3O2/c1-13(2)20-16-8-4-6-14(10-16)11-19-18(23)21(3)12-15-7-5-9-17(15)22/h4,6,8,10,13,15,17,20,22H,5,7,9,11-12H2,1-3H3,(H,19,23). The third-order valence-electron chi connectivity index (χ3n) is 4.30. The van der Waals surface area contributed by atoms with Crippen molar-refractivity contribution in [3.05, 3.63) is 29.8 Å². The number of hydrogen-bond acceptors (Lipinski definition) is 3. The fourth-order valence-electron chi connectivity index (χ4n) is 3.08. The number of amides is 2. The van der Waals surface area contributed by atoms with Crippen molar-refractivity contribution >= 4 is 11.7 Å². The van der Waals surface area contributed by atoms with E-state index < -0.39 is 0 Å². The molecule has 128 valence electrons. The molecule has 1 aromatic rings. The summed E-state index contributed by atoms with van der Waals surface area (Å²) in [7, 11) is 1.79. The molecule has 0 bridgehead atoms. The molecule has 1 aliphatic rings. The SMILES string of the molecule is CC(C)Nc1cccc(CNC(=O)N(C)CC2CCCC2O)c1. The van der Waals surface area contributed by atoms with Crippen molar-refractivity contribution in [1.29, 1.82) is 0 Å². The molecule has 2 atom stereocenters. The van der Waals surface area contributed by atoms with Crippen molar-refractivity contribution in [3.8, 4) is 0 Å². The van der Waals surface area contributed by atoms with Gasteiger partial charge in [0.25, 0.3) is 0 Å². The lowest BCUT2D eigenvalue weighted by Gasteiger charge is -2.23. The molecule has 2 unspecified atom stereocenters. The Labute approximate surface area is 139 Å². The van der Waals surface area contributed by atoms with Crippen LogP contribution in [0.25, 0.3) is 0 Å². The Morgan fingerprint density at radius 1 is 1.39 bits per heavy atom. The Hall–Kier alpha value is -1.75. The minimum absolute atomic E-state index is 0.0914. The minimum Gasteiger partial charge on any atom is -0.393 e. The number of nitrogens with zero attached hydrogens (tertiary/aromatic N) is 1. The fourth-order valence-corrected chi connectivity index (χ4v) is 3.08. The van der Waals surface area contributed by atoms with E-state index in [1.165, 1.54) is 0 Å². The third-order valence-corrected chi connectivity index (χ3v) is 4.30. The van der Waals surface area contributed by atoms with Crippen LogP contribution in [0.2, 0.25) is 0 Å². The molecule has 0 aromatic heterocycles. The Morgan fingerprint density at radius 3 is 2.83 bits per heavy atom. The molecule has 3 N–H and O–H groups in total. The van der Waals surface area contributed by atoms with Gasteiger partial charge in [0.1, 0.15) is 0 Å². The third kappa shape index (κ3) is 5.43. The van der Waals surface area contributed by atoms with Gasteiger partial charge in [0.05, 0.1) is 6.10 Å². The van der Waals surface area contributed by atoms with Gasteiger partial charge in [-0.2, -0.15) is 0 Å². The first kappa shape index (κ1) is 17.6. The molecule has 0 spiro atoms. The summed E-state index contributed by atoms with van der Waals surface area (Å²) in [5.41, 5.74) is 2.13. The van der Waals surface area contributed by atoms with Gasteiger partial charge in [-0.1, -0.05) is 18.6 Å². The van der Waals surface area contributed by atoms with Crippen LogP contribution < -0.4 is 10.6 Å². The molecule has 1 aromatic carbocycles. The zero-order valence-electron chi connectivity index (χ0n) is 14.4. The number of urea groups is 1. The Morgan fingerprint density at radius 2 is 2.17 bits per heavy atom. The van der Waals surface area contributed by atoms with E-state index in [2.05, 4.69) is 30.5 Å². The Kier molecular flexibility index (Phi) is 6.28. The molecule has 5 nitrogen and oxygen atoms in total. The fraction of sp³-hybridized carbons (Fsp3) is 0.611. The van der Waals surface area contributed by atoms with Crippen molar-refractivity contribution in [2.45, 2.75) is 51.8 Å². The highest BCUT2D eigenvalue weighted by molar-refractivity contribution is 5.73. The molecule has 23 heavy (non-hydrogen) atoms. The normalized spacial score (nSPS) is 20.6. The zero-order valence-corrected chi connectivity index (χ0v) is 14.4. The van der Waals surface area contributed by atoms with E-state index in [0.717, 1.165) is 30.5 Å². The zero-order chi connectivity index (χ0) is 16.8. The highest BCUT2D eigenvalue weighted by atomic mass is 16.3. The van der Waals surface area contributed by atoms with E-state index in [1.54, 1.807) is 11.9 Å². The smallest absolute Gasteiger partial charge is 0.317 e. The lowest BCUT2D eigenvalue weighted by molar-refractivity contribution is 0.114. The lowest BCUT2D eigenvalue weighted by Crippen LogP contribution is -2.40. The first-order valence-electron chi connectivity index (χ1n) is 8.48. The number of hydrogen-bond donors (Lipinski definition) is 3. The highest BCUT2D eigenvalue weighted by Crippen LogP contribution is 2.25. The summed E-state index contributed by atoms with van der Waals surface area (Å²) >= 11 is 0. The highest BCUT2D eigenvalue weighted by Gasteiger charge is 2.27. The van der Waals surface area contributed by atoms with Crippen LogP contribution >= 0.6 is 0 Å². The molecule has 0 radical (unpaired) electrons. The summed E-state index contributed by atoms with van der Waals surface area (Å²) in [4.78, 5) is 13.9. The quantitative estimate of drug-likeness (QED) is 0.755. The maximum absolute atomic E-state index is 12.2.